The van der Waals surface area contributed by atoms with Gasteiger partial charge >= 0.3 is 5.97 Å². The van der Waals surface area contributed by atoms with Crippen LogP contribution in [0.15, 0.2) is 22.9 Å². The summed E-state index contributed by atoms with van der Waals surface area (Å²) in [6.45, 7) is 5.30. The third-order valence-electron chi connectivity index (χ3n) is 2.86. The van der Waals surface area contributed by atoms with Crippen LogP contribution in [-0.4, -0.2) is 28.0 Å². The summed E-state index contributed by atoms with van der Waals surface area (Å²) in [6.07, 6.45) is 0. The molecule has 2 rings (SSSR count). The fraction of sp³-hybridized carbons (Fsp3) is 0.357. The highest BCUT2D eigenvalue weighted by Crippen LogP contribution is 2.28. The third kappa shape index (κ3) is 3.68. The molecular formula is C14H16N2O3S2. The zero-order chi connectivity index (χ0) is 15.6. The number of hydrogen-bond acceptors (Lipinski definition) is 5. The van der Waals surface area contributed by atoms with Crippen molar-refractivity contribution in [2.24, 2.45) is 5.41 Å². The van der Waals surface area contributed by atoms with Crippen molar-refractivity contribution in [1.82, 2.24) is 10.3 Å². The number of carboxylic acids is 1. The van der Waals surface area contributed by atoms with E-state index in [1.807, 2.05) is 17.5 Å². The van der Waals surface area contributed by atoms with Gasteiger partial charge in [0.2, 0.25) is 0 Å². The van der Waals surface area contributed by atoms with Crippen molar-refractivity contribution in [3.63, 3.8) is 0 Å². The summed E-state index contributed by atoms with van der Waals surface area (Å²) >= 11 is 2.92. The second-order valence-electron chi connectivity index (χ2n) is 5.63. The number of thiophene rings is 1. The molecule has 21 heavy (non-hydrogen) atoms. The van der Waals surface area contributed by atoms with Gasteiger partial charge in [-0.3, -0.25) is 4.79 Å². The first kappa shape index (κ1) is 15.7. The van der Waals surface area contributed by atoms with Crippen molar-refractivity contribution in [3.05, 3.63) is 28.6 Å². The summed E-state index contributed by atoms with van der Waals surface area (Å²) in [6, 6.07) is 2.89. The lowest BCUT2D eigenvalue weighted by atomic mass is 9.87. The molecule has 0 saturated carbocycles. The maximum Gasteiger partial charge on any atom is 0.326 e. The predicted molar refractivity (Wildman–Crippen MR) is 83.8 cm³/mol. The number of carboxylic acid groups (broad SMARTS) is 1. The zero-order valence-electron chi connectivity index (χ0n) is 11.9. The average Bonchev–Trinajstić information content (AvgIpc) is 3.03. The lowest BCUT2D eigenvalue weighted by Gasteiger charge is -2.27. The molecule has 2 N–H and O–H groups in total. The lowest BCUT2D eigenvalue weighted by molar-refractivity contribution is -0.142. The van der Waals surface area contributed by atoms with Crippen molar-refractivity contribution in [3.8, 4) is 9.88 Å². The number of nitrogens with one attached hydrogen (secondary N) is 1. The highest BCUT2D eigenvalue weighted by Gasteiger charge is 2.33. The standard InChI is InChI=1S/C14H16N2O3S2/c1-14(2,3)10(13(18)19)16-11(17)8-7-21-12(15-8)9-5-4-6-20-9/h4-7,10H,1-3H3,(H,16,17)(H,18,19). The number of hydrogen-bond donors (Lipinski definition) is 2. The third-order valence-corrected chi connectivity index (χ3v) is 4.74. The van der Waals surface area contributed by atoms with Crippen LogP contribution in [0.5, 0.6) is 0 Å². The quantitative estimate of drug-likeness (QED) is 0.905. The largest absolute Gasteiger partial charge is 0.480 e. The van der Waals surface area contributed by atoms with Gasteiger partial charge in [0, 0.05) is 5.38 Å². The van der Waals surface area contributed by atoms with Crippen LogP contribution in [0.2, 0.25) is 0 Å². The van der Waals surface area contributed by atoms with Gasteiger partial charge in [-0.15, -0.1) is 22.7 Å². The minimum Gasteiger partial charge on any atom is -0.480 e. The van der Waals surface area contributed by atoms with Gasteiger partial charge in [-0.25, -0.2) is 9.78 Å². The number of nitrogens with zero attached hydrogens (tertiary/aromatic N) is 1. The molecule has 2 aromatic rings. The van der Waals surface area contributed by atoms with Crippen LogP contribution in [-0.2, 0) is 4.79 Å². The van der Waals surface area contributed by atoms with Gasteiger partial charge in [0.05, 0.1) is 4.88 Å². The highest BCUT2D eigenvalue weighted by atomic mass is 32.1. The maximum absolute atomic E-state index is 12.2. The molecule has 1 atom stereocenters. The first-order valence-electron chi connectivity index (χ1n) is 6.32. The van der Waals surface area contributed by atoms with Gasteiger partial charge in [-0.2, -0.15) is 0 Å². The number of carbonyl (C=O) groups excluding carboxylic acids is 1. The van der Waals surface area contributed by atoms with Gasteiger partial charge < -0.3 is 10.4 Å². The summed E-state index contributed by atoms with van der Waals surface area (Å²) in [5.41, 5.74) is -0.326. The Labute approximate surface area is 130 Å². The van der Waals surface area contributed by atoms with Crippen LogP contribution in [0.25, 0.3) is 9.88 Å². The van der Waals surface area contributed by atoms with Gasteiger partial charge in [-0.05, 0) is 16.9 Å². The van der Waals surface area contributed by atoms with Gasteiger partial charge in [0.25, 0.3) is 5.91 Å². The Bertz CT molecular complexity index is 641. The molecule has 0 aliphatic carbocycles. The summed E-state index contributed by atoms with van der Waals surface area (Å²) in [7, 11) is 0. The highest BCUT2D eigenvalue weighted by molar-refractivity contribution is 7.20. The van der Waals surface area contributed by atoms with Crippen LogP contribution in [0, 0.1) is 5.41 Å². The number of aliphatic carboxylic acids is 1. The molecule has 1 unspecified atom stereocenters. The second-order valence-corrected chi connectivity index (χ2v) is 7.43. The predicted octanol–water partition coefficient (Wildman–Crippen LogP) is 3.10. The van der Waals surface area contributed by atoms with E-state index in [1.165, 1.54) is 11.3 Å². The number of aromatic nitrogens is 1. The zero-order valence-corrected chi connectivity index (χ0v) is 13.5. The van der Waals surface area contributed by atoms with E-state index in [-0.39, 0.29) is 5.69 Å². The molecule has 0 bridgehead atoms. The Morgan fingerprint density at radius 3 is 2.57 bits per heavy atom. The van der Waals surface area contributed by atoms with Crippen molar-refractivity contribution in [2.75, 3.05) is 0 Å². The summed E-state index contributed by atoms with van der Waals surface area (Å²) < 4.78 is 0. The van der Waals surface area contributed by atoms with E-state index < -0.39 is 23.3 Å². The smallest absolute Gasteiger partial charge is 0.326 e. The topological polar surface area (TPSA) is 79.3 Å². The molecular weight excluding hydrogens is 308 g/mol. The van der Waals surface area contributed by atoms with Crippen molar-refractivity contribution in [2.45, 2.75) is 26.8 Å². The Hall–Kier alpha value is -1.73. The Kier molecular flexibility index (Phi) is 4.43. The number of rotatable bonds is 4. The van der Waals surface area contributed by atoms with Crippen LogP contribution >= 0.6 is 22.7 Å². The molecule has 5 nitrogen and oxygen atoms in total. The second kappa shape index (κ2) is 5.95. The minimum atomic E-state index is -1.05. The van der Waals surface area contributed by atoms with Gasteiger partial charge in [0.15, 0.2) is 0 Å². The normalized spacial score (nSPS) is 12.9. The van der Waals surface area contributed by atoms with E-state index >= 15 is 0 Å². The number of amides is 1. The fourth-order valence-electron chi connectivity index (χ4n) is 1.75. The molecule has 0 fully saturated rings. The first-order valence-corrected chi connectivity index (χ1v) is 8.08. The Morgan fingerprint density at radius 1 is 1.33 bits per heavy atom. The van der Waals surface area contributed by atoms with Crippen LogP contribution < -0.4 is 5.32 Å². The van der Waals surface area contributed by atoms with Crippen LogP contribution in [0.1, 0.15) is 31.3 Å². The summed E-state index contributed by atoms with van der Waals surface area (Å²) in [5.74, 6) is -1.51. The van der Waals surface area contributed by atoms with E-state index in [4.69, 9.17) is 0 Å². The van der Waals surface area contributed by atoms with Gasteiger partial charge in [0.1, 0.15) is 16.7 Å². The minimum absolute atomic E-state index is 0.249. The SMILES string of the molecule is CC(C)(C)C(NC(=O)c1csc(-c2cccs2)n1)C(=O)O. The summed E-state index contributed by atoms with van der Waals surface area (Å²) in [5, 5.41) is 16.1. The van der Waals surface area contributed by atoms with Crippen molar-refractivity contribution in [1.29, 1.82) is 0 Å². The lowest BCUT2D eigenvalue weighted by Crippen LogP contribution is -2.49. The van der Waals surface area contributed by atoms with Crippen molar-refractivity contribution < 1.29 is 14.7 Å². The van der Waals surface area contributed by atoms with E-state index in [0.29, 0.717) is 0 Å². The molecule has 0 aromatic carbocycles. The molecule has 112 valence electrons. The van der Waals surface area contributed by atoms with E-state index in [1.54, 1.807) is 37.5 Å². The van der Waals surface area contributed by atoms with E-state index in [0.717, 1.165) is 9.88 Å². The molecule has 0 saturated heterocycles. The fourth-order valence-corrected chi connectivity index (χ4v) is 3.36. The summed E-state index contributed by atoms with van der Waals surface area (Å²) in [4.78, 5) is 28.7. The molecule has 0 aliphatic rings. The van der Waals surface area contributed by atoms with E-state index in [9.17, 15) is 14.7 Å². The maximum atomic E-state index is 12.2. The molecule has 7 heteroatoms. The number of thiazole rings is 1. The Morgan fingerprint density at radius 2 is 2.05 bits per heavy atom. The van der Waals surface area contributed by atoms with Crippen molar-refractivity contribution >= 4 is 34.6 Å². The van der Waals surface area contributed by atoms with E-state index in [2.05, 4.69) is 10.3 Å². The van der Waals surface area contributed by atoms with Crippen LogP contribution in [0.4, 0.5) is 0 Å². The average molecular weight is 324 g/mol. The van der Waals surface area contributed by atoms with Gasteiger partial charge in [-0.1, -0.05) is 26.8 Å². The van der Waals surface area contributed by atoms with Crippen LogP contribution in [0.3, 0.4) is 0 Å². The molecule has 0 spiro atoms. The number of carbonyl (C=O) groups is 2. The molecule has 0 aliphatic heterocycles. The molecule has 1 amide bonds. The molecule has 2 aromatic heterocycles. The first-order chi connectivity index (χ1) is 9.79. The Balaban J connectivity index is 2.15. The molecule has 0 radical (unpaired) electrons. The molecule has 2 heterocycles. The monoisotopic (exact) mass is 324 g/mol.